The molecular weight excluding hydrogens is 283 g/mol. The average Bonchev–Trinajstić information content (AvgIpc) is 2.66. The van der Waals surface area contributed by atoms with Gasteiger partial charge in [0.25, 0.3) is 4.83 Å². The van der Waals surface area contributed by atoms with Crippen LogP contribution in [0.2, 0.25) is 0 Å². The van der Waals surface area contributed by atoms with Crippen LogP contribution in [0.5, 0.6) is 5.88 Å². The minimum absolute atomic E-state index is 0.0727. The largest absolute Gasteiger partial charge is 0.462 e. The van der Waals surface area contributed by atoms with Crippen LogP contribution in [0.1, 0.15) is 22.2 Å². The van der Waals surface area contributed by atoms with Crippen LogP contribution in [-0.4, -0.2) is 17.7 Å². The van der Waals surface area contributed by atoms with E-state index in [1.807, 2.05) is 0 Å². The molecule has 2 heterocycles. The molecule has 0 radical (unpaired) electrons. The predicted octanol–water partition coefficient (Wildman–Crippen LogP) is 2.39. The normalized spacial score (nSPS) is 11.8. The minimum atomic E-state index is -4.56. The number of nitrogens with zero attached hydrogens (tertiary/aromatic N) is 1. The smallest absolute Gasteiger partial charge is 0.423 e. The molecule has 2 aromatic heterocycles. The first-order valence-corrected chi connectivity index (χ1v) is 6.08. The third kappa shape index (κ3) is 2.35. The molecule has 0 aliphatic rings. The van der Waals surface area contributed by atoms with Crippen LogP contribution >= 0.6 is 11.3 Å². The van der Waals surface area contributed by atoms with Crippen molar-refractivity contribution in [1.29, 1.82) is 0 Å². The Hall–Kier alpha value is -1.83. The van der Waals surface area contributed by atoms with Gasteiger partial charge in [-0.2, -0.15) is 13.2 Å². The van der Waals surface area contributed by atoms with Gasteiger partial charge in [-0.05, 0) is 24.3 Å². The number of carbonyl (C=O) groups is 1. The summed E-state index contributed by atoms with van der Waals surface area (Å²) in [6.45, 7) is 1.64. The summed E-state index contributed by atoms with van der Waals surface area (Å²) in [6.07, 6.45) is -3.31. The fraction of sp³-hybridized carbons (Fsp3) is 0.273. The maximum Gasteiger partial charge on any atom is 0.423 e. The van der Waals surface area contributed by atoms with Gasteiger partial charge in [-0.3, -0.25) is 0 Å². The van der Waals surface area contributed by atoms with Crippen molar-refractivity contribution >= 4 is 22.1 Å². The molecular formula is C11H9F3NO3S+. The average molecular weight is 292 g/mol. The quantitative estimate of drug-likeness (QED) is 0.683. The molecule has 0 aliphatic heterocycles. The maximum absolute atomic E-state index is 12.8. The van der Waals surface area contributed by atoms with Crippen LogP contribution in [0.25, 0.3) is 4.83 Å². The van der Waals surface area contributed by atoms with E-state index < -0.39 is 23.6 Å². The van der Waals surface area contributed by atoms with Crippen LogP contribution in [0.4, 0.5) is 13.2 Å². The van der Waals surface area contributed by atoms with Gasteiger partial charge < -0.3 is 9.84 Å². The molecule has 0 unspecified atom stereocenters. The summed E-state index contributed by atoms with van der Waals surface area (Å²) in [7, 11) is 0. The molecule has 0 amide bonds. The number of fused-ring (bicyclic) bond motifs is 1. The number of thiazole rings is 1. The molecule has 0 aliphatic carbocycles. The second kappa shape index (κ2) is 4.69. The zero-order valence-corrected chi connectivity index (χ0v) is 10.5. The predicted molar refractivity (Wildman–Crippen MR) is 60.1 cm³/mol. The number of esters is 1. The second-order valence-electron chi connectivity index (χ2n) is 3.57. The molecule has 19 heavy (non-hydrogen) atoms. The number of pyridine rings is 1. The van der Waals surface area contributed by atoms with Crippen molar-refractivity contribution < 1.29 is 32.2 Å². The highest BCUT2D eigenvalue weighted by atomic mass is 32.1. The molecule has 8 heteroatoms. The van der Waals surface area contributed by atoms with Gasteiger partial charge in [0.1, 0.15) is 5.56 Å². The van der Waals surface area contributed by atoms with Gasteiger partial charge in [-0.25, -0.2) is 4.79 Å². The Bertz CT molecular complexity index is 636. The van der Waals surface area contributed by atoms with E-state index in [2.05, 4.69) is 4.74 Å². The summed E-state index contributed by atoms with van der Waals surface area (Å²) in [5, 5.41) is 9.78. The molecule has 102 valence electrons. The third-order valence-corrected chi connectivity index (χ3v) is 3.51. The van der Waals surface area contributed by atoms with Gasteiger partial charge in [0.2, 0.25) is 4.88 Å². The SMILES string of the molecule is CCOC(=O)c1sc2c(C(F)(F)F)ccc[n+]2c1O. The first kappa shape index (κ1) is 13.6. The lowest BCUT2D eigenvalue weighted by Gasteiger charge is -2.02. The summed E-state index contributed by atoms with van der Waals surface area (Å²) < 4.78 is 44.0. The fourth-order valence-corrected chi connectivity index (χ4v) is 2.63. The Morgan fingerprint density at radius 2 is 2.21 bits per heavy atom. The van der Waals surface area contributed by atoms with Crippen LogP contribution in [0, 0.1) is 0 Å². The lowest BCUT2D eigenvalue weighted by molar-refractivity contribution is -0.519. The van der Waals surface area contributed by atoms with Crippen molar-refractivity contribution in [2.45, 2.75) is 13.1 Å². The molecule has 0 fully saturated rings. The Balaban J connectivity index is 2.66. The minimum Gasteiger partial charge on any atom is -0.462 e. The molecule has 0 atom stereocenters. The highest BCUT2D eigenvalue weighted by molar-refractivity contribution is 7.19. The lowest BCUT2D eigenvalue weighted by atomic mass is 10.3. The Labute approximate surface area is 109 Å². The summed E-state index contributed by atoms with van der Waals surface area (Å²) in [5.41, 5.74) is -0.911. The fourth-order valence-electron chi connectivity index (χ4n) is 1.56. The Morgan fingerprint density at radius 3 is 2.79 bits per heavy atom. The standard InChI is InChI=1S/C11H8F3NO3S/c1-2-18-10(17)7-8(16)15-5-3-4-6(9(15)19-7)11(12,13)14/h3-5H,2H2,1H3/p+1. The molecule has 0 aromatic carbocycles. The van der Waals surface area contributed by atoms with Crippen LogP contribution in [0.3, 0.4) is 0 Å². The molecule has 0 saturated heterocycles. The molecule has 2 aromatic rings. The zero-order chi connectivity index (χ0) is 14.2. The molecule has 1 N–H and O–H groups in total. The van der Waals surface area contributed by atoms with Gasteiger partial charge in [-0.15, -0.1) is 4.40 Å². The second-order valence-corrected chi connectivity index (χ2v) is 4.57. The number of carbonyl (C=O) groups excluding carboxylic acids is 1. The van der Waals surface area contributed by atoms with Crippen molar-refractivity contribution in [1.82, 2.24) is 0 Å². The molecule has 0 saturated carbocycles. The molecule has 0 bridgehead atoms. The first-order chi connectivity index (χ1) is 8.86. The highest BCUT2D eigenvalue weighted by Gasteiger charge is 2.39. The third-order valence-electron chi connectivity index (χ3n) is 2.34. The van der Waals surface area contributed by atoms with E-state index in [0.29, 0.717) is 11.3 Å². The topological polar surface area (TPSA) is 50.6 Å². The van der Waals surface area contributed by atoms with E-state index >= 15 is 0 Å². The summed E-state index contributed by atoms with van der Waals surface area (Å²) in [4.78, 5) is 11.0. The van der Waals surface area contributed by atoms with E-state index in [1.165, 1.54) is 6.20 Å². The zero-order valence-electron chi connectivity index (χ0n) is 9.69. The van der Waals surface area contributed by atoms with E-state index in [4.69, 9.17) is 0 Å². The summed E-state index contributed by atoms with van der Waals surface area (Å²) in [6, 6.07) is 2.04. The van der Waals surface area contributed by atoms with E-state index in [1.54, 1.807) is 6.92 Å². The summed E-state index contributed by atoms with van der Waals surface area (Å²) in [5.74, 6) is -1.40. The van der Waals surface area contributed by atoms with Gasteiger partial charge in [0, 0.05) is 6.07 Å². The van der Waals surface area contributed by atoms with Crippen molar-refractivity contribution in [2.75, 3.05) is 6.61 Å². The summed E-state index contributed by atoms with van der Waals surface area (Å²) >= 11 is 0.544. The van der Waals surface area contributed by atoms with Crippen molar-refractivity contribution in [3.8, 4) is 5.88 Å². The number of aromatic hydroxyl groups is 1. The van der Waals surface area contributed by atoms with E-state index in [9.17, 15) is 23.1 Å². The number of ether oxygens (including phenoxy) is 1. The number of hydrogen-bond donors (Lipinski definition) is 1. The first-order valence-electron chi connectivity index (χ1n) is 5.26. The van der Waals surface area contributed by atoms with Gasteiger partial charge in [0.05, 0.1) is 6.61 Å². The van der Waals surface area contributed by atoms with E-state index in [-0.39, 0.29) is 16.3 Å². The number of rotatable bonds is 2. The Morgan fingerprint density at radius 1 is 1.53 bits per heavy atom. The van der Waals surface area contributed by atoms with Gasteiger partial charge in [-0.1, -0.05) is 0 Å². The van der Waals surface area contributed by atoms with Crippen molar-refractivity contribution in [3.05, 3.63) is 28.8 Å². The number of aromatic nitrogens is 1. The van der Waals surface area contributed by atoms with Gasteiger partial charge >= 0.3 is 18.0 Å². The Kier molecular flexibility index (Phi) is 3.36. The molecule has 0 spiro atoms. The molecule has 4 nitrogen and oxygen atoms in total. The lowest BCUT2D eigenvalue weighted by Crippen LogP contribution is -2.22. The highest BCUT2D eigenvalue weighted by Crippen LogP contribution is 2.35. The number of halogens is 3. The molecule has 2 rings (SSSR count). The van der Waals surface area contributed by atoms with E-state index in [0.717, 1.165) is 16.5 Å². The van der Waals surface area contributed by atoms with Crippen LogP contribution in [0.15, 0.2) is 18.3 Å². The van der Waals surface area contributed by atoms with Crippen LogP contribution < -0.4 is 4.40 Å². The number of alkyl halides is 3. The van der Waals surface area contributed by atoms with Crippen molar-refractivity contribution in [3.63, 3.8) is 0 Å². The van der Waals surface area contributed by atoms with Crippen LogP contribution in [-0.2, 0) is 10.9 Å². The van der Waals surface area contributed by atoms with Gasteiger partial charge in [0.15, 0.2) is 6.20 Å². The number of hydrogen-bond acceptors (Lipinski definition) is 4. The van der Waals surface area contributed by atoms with Crippen molar-refractivity contribution in [2.24, 2.45) is 0 Å². The maximum atomic E-state index is 12.8. The monoisotopic (exact) mass is 292 g/mol.